The molecular formula is C15H16F2N2O. The Bertz CT molecular complexity index is 602. The Labute approximate surface area is 116 Å². The highest BCUT2D eigenvalue weighted by Gasteiger charge is 2.08. The molecule has 0 heterocycles. The fourth-order valence-corrected chi connectivity index (χ4v) is 1.97. The fourth-order valence-electron chi connectivity index (χ4n) is 1.97. The zero-order valence-corrected chi connectivity index (χ0v) is 11.1. The molecule has 0 aromatic heterocycles. The minimum atomic E-state index is -0.759. The van der Waals surface area contributed by atoms with Crippen molar-refractivity contribution in [2.45, 2.75) is 6.42 Å². The van der Waals surface area contributed by atoms with Crippen LogP contribution in [0.2, 0.25) is 0 Å². The summed E-state index contributed by atoms with van der Waals surface area (Å²) in [6, 6.07) is 9.55. The van der Waals surface area contributed by atoms with E-state index in [-0.39, 0.29) is 11.4 Å². The van der Waals surface area contributed by atoms with Crippen LogP contribution in [0.5, 0.6) is 5.75 Å². The van der Waals surface area contributed by atoms with E-state index in [0.717, 1.165) is 17.4 Å². The van der Waals surface area contributed by atoms with E-state index in [9.17, 15) is 8.78 Å². The number of para-hydroxylation sites is 1. The van der Waals surface area contributed by atoms with E-state index in [0.29, 0.717) is 13.0 Å². The molecule has 0 aliphatic heterocycles. The van der Waals surface area contributed by atoms with Gasteiger partial charge >= 0.3 is 0 Å². The van der Waals surface area contributed by atoms with E-state index >= 15 is 0 Å². The number of anilines is 2. The highest BCUT2D eigenvalue weighted by Crippen LogP contribution is 2.24. The lowest BCUT2D eigenvalue weighted by molar-refractivity contribution is 0.410. The Hall–Kier alpha value is -2.30. The molecule has 0 atom stereocenters. The fraction of sp³-hybridized carbons (Fsp3) is 0.200. The molecule has 0 saturated carbocycles. The summed E-state index contributed by atoms with van der Waals surface area (Å²) >= 11 is 0. The van der Waals surface area contributed by atoms with Gasteiger partial charge in [-0.3, -0.25) is 0 Å². The number of rotatable bonds is 5. The van der Waals surface area contributed by atoms with Crippen molar-refractivity contribution in [1.29, 1.82) is 0 Å². The average Bonchev–Trinajstić information content (AvgIpc) is 2.44. The second-order valence-corrected chi connectivity index (χ2v) is 4.34. The summed E-state index contributed by atoms with van der Waals surface area (Å²) in [6.07, 6.45) is 0.654. The third kappa shape index (κ3) is 3.17. The Morgan fingerprint density at radius 3 is 2.70 bits per heavy atom. The zero-order chi connectivity index (χ0) is 14.5. The number of nitrogens with two attached hydrogens (primary N) is 1. The molecule has 5 heteroatoms. The summed E-state index contributed by atoms with van der Waals surface area (Å²) in [5.41, 5.74) is 6.75. The maximum atomic E-state index is 13.3. The van der Waals surface area contributed by atoms with Gasteiger partial charge in [-0.1, -0.05) is 18.2 Å². The van der Waals surface area contributed by atoms with Gasteiger partial charge in [0.1, 0.15) is 11.6 Å². The van der Waals surface area contributed by atoms with Crippen molar-refractivity contribution in [2.24, 2.45) is 0 Å². The van der Waals surface area contributed by atoms with Gasteiger partial charge in [-0.25, -0.2) is 8.78 Å². The van der Waals surface area contributed by atoms with Crippen LogP contribution in [0.1, 0.15) is 5.56 Å². The van der Waals surface area contributed by atoms with Gasteiger partial charge in [0.25, 0.3) is 0 Å². The summed E-state index contributed by atoms with van der Waals surface area (Å²) in [5, 5.41) is 2.93. The van der Waals surface area contributed by atoms with Crippen molar-refractivity contribution >= 4 is 11.4 Å². The third-order valence-corrected chi connectivity index (χ3v) is 3.00. The minimum absolute atomic E-state index is 0.0774. The molecule has 20 heavy (non-hydrogen) atoms. The maximum Gasteiger partial charge on any atom is 0.151 e. The molecule has 2 rings (SSSR count). The topological polar surface area (TPSA) is 47.3 Å². The minimum Gasteiger partial charge on any atom is -0.496 e. The summed E-state index contributed by atoms with van der Waals surface area (Å²) in [4.78, 5) is 0. The number of methoxy groups -OCH3 is 1. The van der Waals surface area contributed by atoms with Gasteiger partial charge in [-0.15, -0.1) is 0 Å². The van der Waals surface area contributed by atoms with Crippen LogP contribution in [-0.4, -0.2) is 13.7 Å². The highest BCUT2D eigenvalue weighted by molar-refractivity contribution is 5.66. The molecule has 0 aliphatic rings. The van der Waals surface area contributed by atoms with Gasteiger partial charge in [0, 0.05) is 12.6 Å². The Morgan fingerprint density at radius 2 is 1.95 bits per heavy atom. The monoisotopic (exact) mass is 278 g/mol. The molecule has 3 nitrogen and oxygen atoms in total. The lowest BCUT2D eigenvalue weighted by Crippen LogP contribution is -2.09. The van der Waals surface area contributed by atoms with E-state index in [2.05, 4.69) is 5.32 Å². The first-order valence-electron chi connectivity index (χ1n) is 6.22. The lowest BCUT2D eigenvalue weighted by Gasteiger charge is -2.12. The van der Waals surface area contributed by atoms with Crippen molar-refractivity contribution in [1.82, 2.24) is 0 Å². The van der Waals surface area contributed by atoms with Gasteiger partial charge in [0.05, 0.1) is 18.5 Å². The number of hydrogen-bond acceptors (Lipinski definition) is 3. The molecule has 0 unspecified atom stereocenters. The second kappa shape index (κ2) is 6.23. The van der Waals surface area contributed by atoms with Crippen LogP contribution in [0.3, 0.4) is 0 Å². The van der Waals surface area contributed by atoms with Crippen LogP contribution < -0.4 is 15.8 Å². The van der Waals surface area contributed by atoms with E-state index in [1.807, 2.05) is 24.3 Å². The predicted molar refractivity (Wildman–Crippen MR) is 76.0 cm³/mol. The van der Waals surface area contributed by atoms with Crippen LogP contribution in [-0.2, 0) is 6.42 Å². The molecule has 2 aromatic carbocycles. The lowest BCUT2D eigenvalue weighted by atomic mass is 10.1. The maximum absolute atomic E-state index is 13.3. The van der Waals surface area contributed by atoms with Crippen molar-refractivity contribution < 1.29 is 13.5 Å². The van der Waals surface area contributed by atoms with Crippen molar-refractivity contribution in [3.8, 4) is 5.75 Å². The van der Waals surface area contributed by atoms with E-state index < -0.39 is 11.6 Å². The van der Waals surface area contributed by atoms with Crippen LogP contribution in [0.15, 0.2) is 36.4 Å². The second-order valence-electron chi connectivity index (χ2n) is 4.34. The number of hydrogen-bond donors (Lipinski definition) is 2. The van der Waals surface area contributed by atoms with E-state index in [1.165, 1.54) is 6.07 Å². The summed E-state index contributed by atoms with van der Waals surface area (Å²) in [5.74, 6) is -0.631. The van der Waals surface area contributed by atoms with Gasteiger partial charge in [-0.2, -0.15) is 0 Å². The smallest absolute Gasteiger partial charge is 0.151 e. The summed E-state index contributed by atoms with van der Waals surface area (Å²) < 4.78 is 31.6. The van der Waals surface area contributed by atoms with Gasteiger partial charge in [0.2, 0.25) is 0 Å². The van der Waals surface area contributed by atoms with Crippen molar-refractivity contribution in [3.05, 3.63) is 53.6 Å². The number of halogens is 2. The molecule has 0 saturated heterocycles. The summed E-state index contributed by atoms with van der Waals surface area (Å²) in [7, 11) is 1.60. The average molecular weight is 278 g/mol. The van der Waals surface area contributed by atoms with E-state index in [4.69, 9.17) is 10.5 Å². The van der Waals surface area contributed by atoms with Crippen molar-refractivity contribution in [3.63, 3.8) is 0 Å². The molecule has 0 bridgehead atoms. The SMILES string of the molecule is COc1ccccc1CCNc1cc(F)cc(F)c1N. The number of nitrogens with one attached hydrogen (secondary N) is 1. The molecule has 0 radical (unpaired) electrons. The van der Waals surface area contributed by atoms with Crippen LogP contribution in [0, 0.1) is 11.6 Å². The van der Waals surface area contributed by atoms with E-state index in [1.54, 1.807) is 7.11 Å². The molecule has 106 valence electrons. The first kappa shape index (κ1) is 14.1. The molecule has 2 aromatic rings. The van der Waals surface area contributed by atoms with Gasteiger partial charge < -0.3 is 15.8 Å². The van der Waals surface area contributed by atoms with Crippen molar-refractivity contribution in [2.75, 3.05) is 24.7 Å². The van der Waals surface area contributed by atoms with Gasteiger partial charge in [-0.05, 0) is 24.1 Å². The predicted octanol–water partition coefficient (Wildman–Crippen LogP) is 3.21. The van der Waals surface area contributed by atoms with Crippen LogP contribution in [0.25, 0.3) is 0 Å². The molecule has 0 aliphatic carbocycles. The highest BCUT2D eigenvalue weighted by atomic mass is 19.1. The number of ether oxygens (including phenoxy) is 1. The molecule has 0 spiro atoms. The normalized spacial score (nSPS) is 10.3. The van der Waals surface area contributed by atoms with Crippen LogP contribution in [0.4, 0.5) is 20.2 Å². The Balaban J connectivity index is 2.03. The van der Waals surface area contributed by atoms with Crippen LogP contribution >= 0.6 is 0 Å². The molecule has 0 fully saturated rings. The quantitative estimate of drug-likeness (QED) is 0.826. The third-order valence-electron chi connectivity index (χ3n) is 3.00. The first-order valence-corrected chi connectivity index (χ1v) is 6.22. The number of nitrogen functional groups attached to an aromatic ring is 1. The summed E-state index contributed by atoms with van der Waals surface area (Å²) in [6.45, 7) is 0.494. The molecule has 3 N–H and O–H groups in total. The Morgan fingerprint density at radius 1 is 1.20 bits per heavy atom. The largest absolute Gasteiger partial charge is 0.496 e. The molecular weight excluding hydrogens is 262 g/mol. The zero-order valence-electron chi connectivity index (χ0n) is 11.1. The first-order chi connectivity index (χ1) is 9.61. The molecule has 0 amide bonds. The Kier molecular flexibility index (Phi) is 4.40. The standard InChI is InChI=1S/C15H16F2N2O/c1-20-14-5-3-2-4-10(14)6-7-19-13-9-11(16)8-12(17)15(13)18/h2-5,8-9,19H,6-7,18H2,1H3. The van der Waals surface area contributed by atoms with Gasteiger partial charge in [0.15, 0.2) is 5.82 Å². The number of benzene rings is 2.